The van der Waals surface area contributed by atoms with Gasteiger partial charge in [0.25, 0.3) is 5.91 Å². The molecular weight excluding hydrogens is 672 g/mol. The monoisotopic (exact) mass is 718 g/mol. The molecule has 0 fully saturated rings. The highest BCUT2D eigenvalue weighted by Crippen LogP contribution is 2.45. The second-order valence-corrected chi connectivity index (χ2v) is 13.7. The molecule has 0 saturated carbocycles. The summed E-state index contributed by atoms with van der Waals surface area (Å²) in [6, 6.07) is 30.6. The summed E-state index contributed by atoms with van der Waals surface area (Å²) in [5.41, 5.74) is 18.7. The van der Waals surface area contributed by atoms with Crippen LogP contribution in [-0.2, 0) is 23.9 Å². The van der Waals surface area contributed by atoms with E-state index in [1.54, 1.807) is 0 Å². The number of ether oxygens (including phenoxy) is 2. The first-order valence-electron chi connectivity index (χ1n) is 18.2. The Morgan fingerprint density at radius 1 is 0.679 bits per heavy atom. The fourth-order valence-corrected chi connectivity index (χ4v) is 7.44. The summed E-state index contributed by atoms with van der Waals surface area (Å²) >= 11 is 0. The highest BCUT2D eigenvalue weighted by Gasteiger charge is 2.45. The number of carbonyl (C=O) groups is 4. The van der Waals surface area contributed by atoms with E-state index in [-0.39, 0.29) is 44.4 Å². The van der Waals surface area contributed by atoms with Crippen molar-refractivity contribution in [1.82, 2.24) is 10.6 Å². The van der Waals surface area contributed by atoms with Gasteiger partial charge in [-0.15, -0.1) is 0 Å². The molecule has 4 aromatic rings. The maximum Gasteiger partial charge on any atom is 0.407 e. The molecule has 2 aliphatic carbocycles. The number of amides is 2. The van der Waals surface area contributed by atoms with Crippen molar-refractivity contribution >= 4 is 23.9 Å². The van der Waals surface area contributed by atoms with Gasteiger partial charge < -0.3 is 36.7 Å². The standard InChI is InChI=1S/C42H46N4O7/c43-23-11-10-22-42(44,40(50)52-25-35-31-17-5-1-13-27(31)28-14-2-6-18-32(28)35)39(49)46-37(38(47)48)21-9-12-24-45-41(51)53-26-36-33-19-7-3-15-29(33)30-16-4-8-20-34(30)36/h1-8,13-20,35-37H,9-12,21-26,43-44H2,(H,45,51)(H,46,49)(H,47,48)/t37-,42-/m0/s1. The van der Waals surface area contributed by atoms with Crippen LogP contribution < -0.4 is 22.1 Å². The normalized spacial score (nSPS) is 14.5. The number of rotatable bonds is 17. The van der Waals surface area contributed by atoms with Crippen LogP contribution in [-0.4, -0.2) is 66.9 Å². The number of carbonyl (C=O) groups excluding carboxylic acids is 3. The van der Waals surface area contributed by atoms with E-state index in [2.05, 4.69) is 22.8 Å². The van der Waals surface area contributed by atoms with E-state index in [1.165, 1.54) is 0 Å². The number of alkyl carbamates (subject to hydrolysis) is 1. The van der Waals surface area contributed by atoms with E-state index in [1.807, 2.05) is 84.9 Å². The summed E-state index contributed by atoms with van der Waals surface area (Å²) in [5, 5.41) is 15.2. The van der Waals surface area contributed by atoms with Crippen molar-refractivity contribution in [2.24, 2.45) is 11.5 Å². The Labute approximate surface area is 309 Å². The smallest absolute Gasteiger partial charge is 0.407 e. The fourth-order valence-electron chi connectivity index (χ4n) is 7.44. The summed E-state index contributed by atoms with van der Waals surface area (Å²) in [6.07, 6.45) is 1.09. The third-order valence-electron chi connectivity index (χ3n) is 10.3. The number of unbranched alkanes of at least 4 members (excludes halogenated alkanes) is 2. The van der Waals surface area contributed by atoms with Gasteiger partial charge >= 0.3 is 18.0 Å². The zero-order valence-corrected chi connectivity index (χ0v) is 29.6. The summed E-state index contributed by atoms with van der Waals surface area (Å²) in [7, 11) is 0. The van der Waals surface area contributed by atoms with E-state index in [0.717, 1.165) is 44.5 Å². The number of fused-ring (bicyclic) bond motifs is 6. The minimum Gasteiger partial charge on any atom is -0.480 e. The molecule has 0 unspecified atom stereocenters. The van der Waals surface area contributed by atoms with Gasteiger partial charge in [0.2, 0.25) is 0 Å². The highest BCUT2D eigenvalue weighted by molar-refractivity contribution is 6.08. The number of hydrogen-bond donors (Lipinski definition) is 5. The van der Waals surface area contributed by atoms with Gasteiger partial charge in [-0.3, -0.25) is 4.79 Å². The van der Waals surface area contributed by atoms with Crippen LogP contribution in [0.15, 0.2) is 97.1 Å². The van der Waals surface area contributed by atoms with Gasteiger partial charge in [-0.1, -0.05) is 97.1 Å². The first-order chi connectivity index (χ1) is 25.7. The second kappa shape index (κ2) is 16.9. The third-order valence-corrected chi connectivity index (χ3v) is 10.3. The van der Waals surface area contributed by atoms with Crippen LogP contribution in [0.5, 0.6) is 0 Å². The maximum atomic E-state index is 13.6. The lowest BCUT2D eigenvalue weighted by molar-refractivity contribution is -0.156. The van der Waals surface area contributed by atoms with Gasteiger partial charge in [-0.25, -0.2) is 14.4 Å². The van der Waals surface area contributed by atoms with Gasteiger partial charge in [0.05, 0.1) is 0 Å². The number of aliphatic carboxylic acids is 1. The summed E-state index contributed by atoms with van der Waals surface area (Å²) in [4.78, 5) is 52.0. The van der Waals surface area contributed by atoms with Gasteiger partial charge in [0, 0.05) is 18.4 Å². The molecule has 2 amide bonds. The molecule has 0 aromatic heterocycles. The topological polar surface area (TPSA) is 183 Å². The van der Waals surface area contributed by atoms with E-state index in [0.29, 0.717) is 32.2 Å². The molecule has 276 valence electrons. The molecule has 53 heavy (non-hydrogen) atoms. The molecule has 2 atom stereocenters. The van der Waals surface area contributed by atoms with E-state index in [4.69, 9.17) is 20.9 Å². The van der Waals surface area contributed by atoms with Crippen LogP contribution in [0.1, 0.15) is 72.6 Å². The zero-order chi connectivity index (χ0) is 37.4. The molecule has 0 saturated heterocycles. The predicted octanol–water partition coefficient (Wildman–Crippen LogP) is 5.45. The molecule has 11 nitrogen and oxygen atoms in total. The lowest BCUT2D eigenvalue weighted by Crippen LogP contribution is -2.62. The van der Waals surface area contributed by atoms with Crippen LogP contribution >= 0.6 is 0 Å². The SMILES string of the molecule is NCCCC[C@](N)(C(=O)N[C@@H](CCCCNC(=O)OCC1c2ccccc2-c2ccccc21)C(=O)O)C(=O)OCC1c2ccccc2-c2ccccc21. The number of nitrogens with two attached hydrogens (primary N) is 2. The first kappa shape index (κ1) is 37.2. The van der Waals surface area contributed by atoms with Crippen molar-refractivity contribution < 1.29 is 33.8 Å². The molecule has 0 radical (unpaired) electrons. The van der Waals surface area contributed by atoms with Crippen molar-refractivity contribution in [3.05, 3.63) is 119 Å². The quantitative estimate of drug-likeness (QED) is 0.0539. The van der Waals surface area contributed by atoms with Crippen molar-refractivity contribution in [2.75, 3.05) is 26.3 Å². The van der Waals surface area contributed by atoms with E-state index in [9.17, 15) is 24.3 Å². The minimum atomic E-state index is -2.12. The molecule has 2 aliphatic rings. The minimum absolute atomic E-state index is 0.0327. The molecule has 0 heterocycles. The number of carboxylic acid groups (broad SMARTS) is 1. The Hall–Kier alpha value is -5.52. The molecule has 0 spiro atoms. The van der Waals surface area contributed by atoms with Crippen molar-refractivity contribution in [2.45, 2.75) is 61.9 Å². The number of hydrogen-bond acceptors (Lipinski definition) is 8. The number of nitrogens with one attached hydrogen (secondary N) is 2. The molecule has 6 rings (SSSR count). The fraction of sp³-hybridized carbons (Fsp3) is 0.333. The predicted molar refractivity (Wildman–Crippen MR) is 201 cm³/mol. The van der Waals surface area contributed by atoms with E-state index < -0.39 is 35.5 Å². The van der Waals surface area contributed by atoms with Gasteiger partial charge in [-0.05, 0) is 89.6 Å². The second-order valence-electron chi connectivity index (χ2n) is 13.7. The zero-order valence-electron chi connectivity index (χ0n) is 29.6. The number of esters is 1. The number of benzene rings is 4. The van der Waals surface area contributed by atoms with Crippen LogP contribution in [0.25, 0.3) is 22.3 Å². The maximum absolute atomic E-state index is 13.6. The third kappa shape index (κ3) is 8.11. The van der Waals surface area contributed by atoms with E-state index >= 15 is 0 Å². The number of carboxylic acids is 1. The summed E-state index contributed by atoms with van der Waals surface area (Å²) < 4.78 is 11.3. The average molecular weight is 719 g/mol. The van der Waals surface area contributed by atoms with Crippen LogP contribution in [0.3, 0.4) is 0 Å². The molecule has 0 bridgehead atoms. The highest BCUT2D eigenvalue weighted by atomic mass is 16.5. The average Bonchev–Trinajstić information content (AvgIpc) is 3.67. The lowest BCUT2D eigenvalue weighted by atomic mass is 9.91. The Morgan fingerprint density at radius 2 is 1.15 bits per heavy atom. The Morgan fingerprint density at radius 3 is 1.62 bits per heavy atom. The van der Waals surface area contributed by atoms with Gasteiger partial charge in [-0.2, -0.15) is 0 Å². The summed E-state index contributed by atoms with van der Waals surface area (Å²) in [5.74, 6) is -3.41. The van der Waals surface area contributed by atoms with Crippen molar-refractivity contribution in [3.8, 4) is 22.3 Å². The van der Waals surface area contributed by atoms with Crippen LogP contribution in [0.2, 0.25) is 0 Å². The van der Waals surface area contributed by atoms with Crippen LogP contribution in [0.4, 0.5) is 4.79 Å². The molecule has 0 aliphatic heterocycles. The van der Waals surface area contributed by atoms with Gasteiger partial charge in [0.1, 0.15) is 19.3 Å². The molecule has 11 heteroatoms. The summed E-state index contributed by atoms with van der Waals surface area (Å²) in [6.45, 7) is 0.735. The van der Waals surface area contributed by atoms with Gasteiger partial charge in [0.15, 0.2) is 5.54 Å². The molecule has 7 N–H and O–H groups in total. The van der Waals surface area contributed by atoms with Crippen LogP contribution in [0, 0.1) is 0 Å². The molecular formula is C42H46N4O7. The Kier molecular flexibility index (Phi) is 11.9. The first-order valence-corrected chi connectivity index (χ1v) is 18.2. The Bertz CT molecular complexity index is 1870. The lowest BCUT2D eigenvalue weighted by Gasteiger charge is -2.28. The largest absolute Gasteiger partial charge is 0.480 e. The van der Waals surface area contributed by atoms with Crippen molar-refractivity contribution in [3.63, 3.8) is 0 Å². The Balaban J connectivity index is 0.995. The van der Waals surface area contributed by atoms with Crippen molar-refractivity contribution in [1.29, 1.82) is 0 Å². The molecule has 4 aromatic carbocycles.